The Balaban J connectivity index is 0.00000240. The van der Waals surface area contributed by atoms with Gasteiger partial charge in [-0.2, -0.15) is 0 Å². The molecule has 172 valence electrons. The summed E-state index contributed by atoms with van der Waals surface area (Å²) in [7, 11) is 5.39. The van der Waals surface area contributed by atoms with Gasteiger partial charge in [0.15, 0.2) is 11.5 Å². The number of carbonyl (C=O) groups is 1. The van der Waals surface area contributed by atoms with E-state index in [1.165, 1.54) is 5.56 Å². The summed E-state index contributed by atoms with van der Waals surface area (Å²) in [5.41, 5.74) is 3.33. The highest BCUT2D eigenvalue weighted by atomic mass is 35.5. The van der Waals surface area contributed by atoms with Crippen LogP contribution in [-0.2, 0) is 24.1 Å². The molecule has 0 fully saturated rings. The van der Waals surface area contributed by atoms with Crippen LogP contribution in [-0.4, -0.2) is 68.1 Å². The van der Waals surface area contributed by atoms with Crippen molar-refractivity contribution < 1.29 is 14.3 Å². The van der Waals surface area contributed by atoms with Gasteiger partial charge in [-0.3, -0.25) is 9.78 Å². The monoisotopic (exact) mass is 469 g/mol. The van der Waals surface area contributed by atoms with Crippen LogP contribution in [0.15, 0.2) is 36.5 Å². The van der Waals surface area contributed by atoms with Crippen molar-refractivity contribution in [3.63, 3.8) is 0 Å². The van der Waals surface area contributed by atoms with Crippen LogP contribution in [0.1, 0.15) is 23.2 Å². The van der Waals surface area contributed by atoms with Crippen molar-refractivity contribution in [1.29, 1.82) is 0 Å². The first-order valence-corrected chi connectivity index (χ1v) is 10.2. The van der Waals surface area contributed by atoms with E-state index in [4.69, 9.17) is 9.47 Å². The molecule has 8 heteroatoms. The van der Waals surface area contributed by atoms with Gasteiger partial charge in [-0.25, -0.2) is 0 Å². The lowest BCUT2D eigenvalue weighted by Crippen LogP contribution is -2.35. The fourth-order valence-corrected chi connectivity index (χ4v) is 3.75. The highest BCUT2D eigenvalue weighted by Gasteiger charge is 2.22. The summed E-state index contributed by atoms with van der Waals surface area (Å²) >= 11 is 0. The molecule has 2 aromatic rings. The van der Waals surface area contributed by atoms with Crippen LogP contribution in [0.2, 0.25) is 0 Å². The Morgan fingerprint density at radius 2 is 1.77 bits per heavy atom. The molecule has 1 aliphatic heterocycles. The molecule has 0 radical (unpaired) electrons. The number of nitrogens with zero attached hydrogens (tertiary/aromatic N) is 3. The third-order valence-electron chi connectivity index (χ3n) is 5.49. The van der Waals surface area contributed by atoms with E-state index in [0.717, 1.165) is 62.4 Å². The van der Waals surface area contributed by atoms with Crippen molar-refractivity contribution in [2.24, 2.45) is 0 Å². The number of likely N-dealkylation sites (N-methyl/N-ethyl adjacent to an activating group) is 1. The van der Waals surface area contributed by atoms with Crippen LogP contribution >= 0.6 is 24.8 Å². The van der Waals surface area contributed by atoms with Crippen molar-refractivity contribution >= 4 is 30.7 Å². The van der Waals surface area contributed by atoms with E-state index in [0.29, 0.717) is 12.2 Å². The van der Waals surface area contributed by atoms with E-state index >= 15 is 0 Å². The standard InChI is InChI=1S/C23H31N3O3.2ClH/c1-25(13-9-20-7-4-5-10-24-20)11-6-12-26-14-8-18-15-21(28-2)22(29-3)16-19(18)17-23(26)27;;/h4-5,7,10,15-16H,6,8-9,11-14,17H2,1-3H3;2*1H. The number of ether oxygens (including phenoxy) is 2. The Hall–Kier alpha value is -2.02. The average molecular weight is 470 g/mol. The van der Waals surface area contributed by atoms with Crippen LogP contribution in [0, 0.1) is 0 Å². The molecular formula is C23H33Cl2N3O3. The van der Waals surface area contributed by atoms with E-state index in [1.807, 2.05) is 35.4 Å². The van der Waals surface area contributed by atoms with Crippen molar-refractivity contribution in [3.8, 4) is 11.5 Å². The van der Waals surface area contributed by atoms with E-state index in [-0.39, 0.29) is 30.7 Å². The van der Waals surface area contributed by atoms with E-state index in [1.54, 1.807) is 14.2 Å². The van der Waals surface area contributed by atoms with Crippen LogP contribution < -0.4 is 9.47 Å². The zero-order chi connectivity index (χ0) is 20.6. The molecule has 1 aromatic carbocycles. The molecule has 0 atom stereocenters. The Bertz CT molecular complexity index is 821. The number of rotatable bonds is 9. The first kappa shape index (κ1) is 27.0. The molecule has 1 aromatic heterocycles. The van der Waals surface area contributed by atoms with Crippen molar-refractivity contribution in [2.45, 2.75) is 25.7 Å². The van der Waals surface area contributed by atoms with Gasteiger partial charge in [0, 0.05) is 37.9 Å². The molecule has 31 heavy (non-hydrogen) atoms. The smallest absolute Gasteiger partial charge is 0.227 e. The summed E-state index contributed by atoms with van der Waals surface area (Å²) in [6.45, 7) is 3.47. The summed E-state index contributed by atoms with van der Waals surface area (Å²) in [4.78, 5) is 21.4. The Morgan fingerprint density at radius 3 is 2.42 bits per heavy atom. The number of amides is 1. The van der Waals surface area contributed by atoms with E-state index in [2.05, 4.69) is 23.0 Å². The molecule has 6 nitrogen and oxygen atoms in total. The van der Waals surface area contributed by atoms with Gasteiger partial charge in [0.25, 0.3) is 0 Å². The van der Waals surface area contributed by atoms with Gasteiger partial charge in [-0.05, 0) is 61.8 Å². The van der Waals surface area contributed by atoms with Crippen LogP contribution in [0.3, 0.4) is 0 Å². The molecule has 1 aliphatic rings. The molecule has 0 saturated carbocycles. The largest absolute Gasteiger partial charge is 0.493 e. The molecule has 0 bridgehead atoms. The second kappa shape index (κ2) is 13.4. The number of pyridine rings is 1. The predicted octanol–water partition coefficient (Wildman–Crippen LogP) is 3.43. The third-order valence-corrected chi connectivity index (χ3v) is 5.49. The molecule has 0 aliphatic carbocycles. The number of hydrogen-bond acceptors (Lipinski definition) is 5. The average Bonchev–Trinajstić information content (AvgIpc) is 2.90. The summed E-state index contributed by atoms with van der Waals surface area (Å²) < 4.78 is 10.8. The van der Waals surface area contributed by atoms with Gasteiger partial charge in [0.05, 0.1) is 20.6 Å². The van der Waals surface area contributed by atoms with Crippen LogP contribution in [0.25, 0.3) is 0 Å². The summed E-state index contributed by atoms with van der Waals surface area (Å²) in [5, 5.41) is 0. The quantitative estimate of drug-likeness (QED) is 0.562. The zero-order valence-electron chi connectivity index (χ0n) is 18.5. The maximum absolute atomic E-state index is 12.7. The maximum Gasteiger partial charge on any atom is 0.227 e. The van der Waals surface area contributed by atoms with Crippen molar-refractivity contribution in [1.82, 2.24) is 14.8 Å². The number of hydrogen-bond donors (Lipinski definition) is 0. The summed E-state index contributed by atoms with van der Waals surface area (Å²) in [6.07, 6.45) is 5.01. The first-order valence-electron chi connectivity index (χ1n) is 10.2. The van der Waals surface area contributed by atoms with Crippen molar-refractivity contribution in [3.05, 3.63) is 53.3 Å². The zero-order valence-corrected chi connectivity index (χ0v) is 20.1. The summed E-state index contributed by atoms with van der Waals surface area (Å²) in [5.74, 6) is 1.59. The van der Waals surface area contributed by atoms with E-state index < -0.39 is 0 Å². The van der Waals surface area contributed by atoms with Gasteiger partial charge in [-0.1, -0.05) is 6.07 Å². The lowest BCUT2D eigenvalue weighted by molar-refractivity contribution is -0.130. The van der Waals surface area contributed by atoms with Crippen LogP contribution in [0.5, 0.6) is 11.5 Å². The first-order chi connectivity index (χ1) is 14.1. The lowest BCUT2D eigenvalue weighted by atomic mass is 10.0. The fraction of sp³-hybridized carbons (Fsp3) is 0.478. The third kappa shape index (κ3) is 7.56. The Labute approximate surface area is 197 Å². The highest BCUT2D eigenvalue weighted by Crippen LogP contribution is 2.32. The highest BCUT2D eigenvalue weighted by molar-refractivity contribution is 5.85. The maximum atomic E-state index is 12.7. The number of aromatic nitrogens is 1. The fourth-order valence-electron chi connectivity index (χ4n) is 3.75. The molecule has 0 saturated heterocycles. The minimum Gasteiger partial charge on any atom is -0.493 e. The molecular weight excluding hydrogens is 437 g/mol. The topological polar surface area (TPSA) is 54.9 Å². The molecule has 0 N–H and O–H groups in total. The molecule has 2 heterocycles. The van der Waals surface area contributed by atoms with Crippen LogP contribution in [0.4, 0.5) is 0 Å². The normalized spacial score (nSPS) is 13.0. The van der Waals surface area contributed by atoms with Gasteiger partial charge in [0.1, 0.15) is 0 Å². The molecule has 0 unspecified atom stereocenters. The molecule has 3 rings (SSSR count). The Kier molecular flexibility index (Phi) is 11.7. The molecule has 0 spiro atoms. The number of fused-ring (bicyclic) bond motifs is 1. The number of methoxy groups -OCH3 is 2. The number of carbonyl (C=O) groups excluding carboxylic acids is 1. The minimum atomic E-state index is 0. The van der Waals surface area contributed by atoms with Crippen molar-refractivity contribution in [2.75, 3.05) is 47.4 Å². The van der Waals surface area contributed by atoms with E-state index in [9.17, 15) is 4.79 Å². The lowest BCUT2D eigenvalue weighted by Gasteiger charge is -2.22. The van der Waals surface area contributed by atoms with Gasteiger partial charge in [-0.15, -0.1) is 24.8 Å². The van der Waals surface area contributed by atoms with Gasteiger partial charge in [0.2, 0.25) is 5.91 Å². The van der Waals surface area contributed by atoms with Gasteiger partial charge < -0.3 is 19.3 Å². The Morgan fingerprint density at radius 1 is 1.06 bits per heavy atom. The predicted molar refractivity (Wildman–Crippen MR) is 128 cm³/mol. The second-order valence-electron chi connectivity index (χ2n) is 7.51. The minimum absolute atomic E-state index is 0. The molecule has 1 amide bonds. The number of benzene rings is 1. The second-order valence-corrected chi connectivity index (χ2v) is 7.51. The van der Waals surface area contributed by atoms with Gasteiger partial charge >= 0.3 is 0 Å². The summed E-state index contributed by atoms with van der Waals surface area (Å²) in [6, 6.07) is 9.98. The SMILES string of the molecule is COc1cc2c(cc1OC)CC(=O)N(CCCN(C)CCc1ccccn1)CC2.Cl.Cl. The number of halogens is 2.